The monoisotopic (exact) mass is 452 g/mol. The van der Waals surface area contributed by atoms with E-state index in [2.05, 4.69) is 4.98 Å². The van der Waals surface area contributed by atoms with Crippen LogP contribution in [0.15, 0.2) is 99.2 Å². The van der Waals surface area contributed by atoms with Gasteiger partial charge in [-0.15, -0.1) is 0 Å². The minimum atomic E-state index is -0.471. The average Bonchev–Trinajstić information content (AvgIpc) is 2.87. The molecule has 0 aliphatic carbocycles. The van der Waals surface area contributed by atoms with E-state index in [4.69, 9.17) is 9.15 Å². The zero-order valence-electron chi connectivity index (χ0n) is 18.1. The summed E-state index contributed by atoms with van der Waals surface area (Å²) >= 11 is 0. The molecular formula is C27H20N2O5. The van der Waals surface area contributed by atoms with Gasteiger partial charge in [0, 0.05) is 11.9 Å². The molecule has 2 heterocycles. The molecule has 0 aliphatic heterocycles. The van der Waals surface area contributed by atoms with Crippen LogP contribution in [-0.2, 0) is 11.3 Å². The van der Waals surface area contributed by atoms with Gasteiger partial charge < -0.3 is 9.15 Å². The van der Waals surface area contributed by atoms with E-state index < -0.39 is 11.6 Å². The first-order valence-electron chi connectivity index (χ1n) is 10.8. The molecule has 0 aliphatic rings. The Morgan fingerprint density at radius 3 is 2.56 bits per heavy atom. The Morgan fingerprint density at radius 1 is 0.941 bits per heavy atom. The van der Waals surface area contributed by atoms with E-state index >= 15 is 0 Å². The summed E-state index contributed by atoms with van der Waals surface area (Å²) in [6.45, 7) is 0.550. The first-order chi connectivity index (χ1) is 16.6. The second-order valence-electron chi connectivity index (χ2n) is 7.81. The summed E-state index contributed by atoms with van der Waals surface area (Å²) in [4.78, 5) is 41.6. The van der Waals surface area contributed by atoms with Crippen LogP contribution < -0.4 is 11.2 Å². The summed E-state index contributed by atoms with van der Waals surface area (Å²) in [7, 11) is 0. The predicted molar refractivity (Wildman–Crippen MR) is 129 cm³/mol. The number of benzene rings is 3. The van der Waals surface area contributed by atoms with Gasteiger partial charge in [0.15, 0.2) is 0 Å². The maximum absolute atomic E-state index is 12.5. The van der Waals surface area contributed by atoms with Crippen LogP contribution in [0.2, 0.25) is 0 Å². The molecule has 0 radical (unpaired) electrons. The molecule has 3 aromatic carbocycles. The van der Waals surface area contributed by atoms with Crippen LogP contribution >= 0.6 is 0 Å². The third kappa shape index (κ3) is 4.23. The van der Waals surface area contributed by atoms with Gasteiger partial charge >= 0.3 is 11.6 Å². The number of para-hydroxylation sites is 2. The summed E-state index contributed by atoms with van der Waals surface area (Å²) in [5.74, 6) is -0.471. The van der Waals surface area contributed by atoms with Crippen LogP contribution in [-0.4, -0.2) is 22.1 Å². The first-order valence-corrected chi connectivity index (χ1v) is 10.8. The molecule has 2 aromatic heterocycles. The number of aryl methyl sites for hydroxylation is 1. The van der Waals surface area contributed by atoms with Crippen molar-refractivity contribution in [1.29, 1.82) is 0 Å². The van der Waals surface area contributed by atoms with Crippen molar-refractivity contribution in [2.75, 3.05) is 6.61 Å². The maximum Gasteiger partial charge on any atom is 0.344 e. The van der Waals surface area contributed by atoms with Crippen molar-refractivity contribution in [2.24, 2.45) is 0 Å². The molecular weight excluding hydrogens is 432 g/mol. The number of carbonyl (C=O) groups is 1. The number of carbonyl (C=O) groups excluding carboxylic acids is 1. The Morgan fingerprint density at radius 2 is 1.71 bits per heavy atom. The van der Waals surface area contributed by atoms with Crippen molar-refractivity contribution >= 4 is 27.8 Å². The molecule has 168 valence electrons. The summed E-state index contributed by atoms with van der Waals surface area (Å²) in [5, 5.41) is 1.38. The summed E-state index contributed by atoms with van der Waals surface area (Å²) in [5.41, 5.74) is 2.07. The number of aromatic nitrogens is 2. The van der Waals surface area contributed by atoms with Crippen LogP contribution in [0.25, 0.3) is 33.0 Å². The van der Waals surface area contributed by atoms with E-state index in [1.807, 2.05) is 24.3 Å². The van der Waals surface area contributed by atoms with Gasteiger partial charge in [0.05, 0.1) is 35.0 Å². The summed E-state index contributed by atoms with van der Waals surface area (Å²) in [6.07, 6.45) is 1.98. The van der Waals surface area contributed by atoms with Crippen LogP contribution in [0.4, 0.5) is 0 Å². The molecule has 0 atom stereocenters. The Hall–Kier alpha value is -4.52. The highest BCUT2D eigenvalue weighted by atomic mass is 16.5. The van der Waals surface area contributed by atoms with Crippen molar-refractivity contribution in [2.45, 2.75) is 13.0 Å². The number of ether oxygens (including phenoxy) is 1. The molecule has 0 bridgehead atoms. The number of fused-ring (bicyclic) bond motifs is 2. The van der Waals surface area contributed by atoms with E-state index in [0.29, 0.717) is 46.1 Å². The van der Waals surface area contributed by atoms with Gasteiger partial charge in [-0.1, -0.05) is 42.5 Å². The van der Waals surface area contributed by atoms with Gasteiger partial charge in [0.2, 0.25) is 0 Å². The third-order valence-corrected chi connectivity index (χ3v) is 5.58. The van der Waals surface area contributed by atoms with E-state index in [0.717, 1.165) is 5.39 Å². The van der Waals surface area contributed by atoms with Crippen LogP contribution in [0.5, 0.6) is 0 Å². The Labute approximate surface area is 193 Å². The minimum absolute atomic E-state index is 0.120. The fourth-order valence-electron chi connectivity index (χ4n) is 3.80. The van der Waals surface area contributed by atoms with Crippen molar-refractivity contribution in [1.82, 2.24) is 9.55 Å². The predicted octanol–water partition coefficient (Wildman–Crippen LogP) is 4.42. The van der Waals surface area contributed by atoms with Crippen molar-refractivity contribution in [3.63, 3.8) is 0 Å². The van der Waals surface area contributed by atoms with Crippen molar-refractivity contribution in [3.8, 4) is 11.1 Å². The van der Waals surface area contributed by atoms with Gasteiger partial charge in [-0.05, 0) is 48.4 Å². The molecule has 0 unspecified atom stereocenters. The lowest BCUT2D eigenvalue weighted by Gasteiger charge is -2.08. The van der Waals surface area contributed by atoms with Crippen LogP contribution in [0.3, 0.4) is 0 Å². The van der Waals surface area contributed by atoms with Crippen LogP contribution in [0, 0.1) is 0 Å². The minimum Gasteiger partial charge on any atom is -0.462 e. The fourth-order valence-corrected chi connectivity index (χ4v) is 3.80. The van der Waals surface area contributed by atoms with Gasteiger partial charge in [-0.2, -0.15) is 0 Å². The Balaban J connectivity index is 1.22. The molecule has 0 amide bonds. The second-order valence-corrected chi connectivity index (χ2v) is 7.81. The van der Waals surface area contributed by atoms with Gasteiger partial charge in [0.1, 0.15) is 5.58 Å². The number of hydrogen-bond donors (Lipinski definition) is 0. The van der Waals surface area contributed by atoms with Crippen molar-refractivity contribution in [3.05, 3.63) is 112 Å². The standard InChI is InChI=1S/C27H20N2O5/c30-25-21-7-2-3-8-23(21)28-17-29(25)14-5-15-33-26(31)19-12-10-18(11-13-19)22-16-20-6-1-4-9-24(20)34-27(22)32/h1-4,6-13,16-17H,5,14-15H2. The molecule has 5 rings (SSSR count). The average molecular weight is 452 g/mol. The number of hydrogen-bond acceptors (Lipinski definition) is 6. The molecule has 5 aromatic rings. The Kier molecular flexibility index (Phi) is 5.74. The second kappa shape index (κ2) is 9.15. The van der Waals surface area contributed by atoms with Gasteiger partial charge in [-0.25, -0.2) is 14.6 Å². The largest absolute Gasteiger partial charge is 0.462 e. The lowest BCUT2D eigenvalue weighted by atomic mass is 10.0. The zero-order chi connectivity index (χ0) is 23.5. The normalized spacial score (nSPS) is 11.1. The van der Waals surface area contributed by atoms with E-state index in [1.165, 1.54) is 10.9 Å². The highest BCUT2D eigenvalue weighted by Gasteiger charge is 2.11. The fraction of sp³-hybridized carbons (Fsp3) is 0.111. The molecule has 0 saturated heterocycles. The lowest BCUT2D eigenvalue weighted by Crippen LogP contribution is -2.21. The lowest BCUT2D eigenvalue weighted by molar-refractivity contribution is 0.0495. The Bertz CT molecular complexity index is 1620. The van der Waals surface area contributed by atoms with E-state index in [1.54, 1.807) is 54.6 Å². The van der Waals surface area contributed by atoms with Gasteiger partial charge in [-0.3, -0.25) is 9.36 Å². The molecule has 34 heavy (non-hydrogen) atoms. The van der Waals surface area contributed by atoms with Gasteiger partial charge in [0.25, 0.3) is 5.56 Å². The zero-order valence-corrected chi connectivity index (χ0v) is 18.1. The first kappa shape index (κ1) is 21.3. The number of esters is 1. The molecule has 0 spiro atoms. The third-order valence-electron chi connectivity index (χ3n) is 5.58. The number of nitrogens with zero attached hydrogens (tertiary/aromatic N) is 2. The molecule has 7 heteroatoms. The smallest absolute Gasteiger partial charge is 0.344 e. The SMILES string of the molecule is O=C(OCCCn1cnc2ccccc2c1=O)c1ccc(-c2cc3ccccc3oc2=O)cc1. The topological polar surface area (TPSA) is 91.4 Å². The van der Waals surface area contributed by atoms with Crippen molar-refractivity contribution < 1.29 is 13.9 Å². The molecule has 0 N–H and O–H groups in total. The van der Waals surface area contributed by atoms with Crippen LogP contribution in [0.1, 0.15) is 16.8 Å². The quantitative estimate of drug-likeness (QED) is 0.215. The molecule has 0 saturated carbocycles. The van der Waals surface area contributed by atoms with E-state index in [-0.39, 0.29) is 12.2 Å². The number of rotatable bonds is 6. The summed E-state index contributed by atoms with van der Waals surface area (Å²) < 4.78 is 12.2. The maximum atomic E-state index is 12.5. The molecule has 7 nitrogen and oxygen atoms in total. The summed E-state index contributed by atoms with van der Waals surface area (Å²) in [6, 6.07) is 22.9. The molecule has 0 fully saturated rings. The highest BCUT2D eigenvalue weighted by molar-refractivity contribution is 5.90. The highest BCUT2D eigenvalue weighted by Crippen LogP contribution is 2.21. The van der Waals surface area contributed by atoms with E-state index in [9.17, 15) is 14.4 Å².